The van der Waals surface area contributed by atoms with Crippen molar-refractivity contribution in [2.75, 3.05) is 11.5 Å². The fourth-order valence-corrected chi connectivity index (χ4v) is 6.05. The Hall–Kier alpha value is -2.89. The van der Waals surface area contributed by atoms with Gasteiger partial charge in [0.2, 0.25) is 0 Å². The van der Waals surface area contributed by atoms with E-state index in [4.69, 9.17) is 21.6 Å². The molecule has 2 N–H and O–H groups in total. The van der Waals surface area contributed by atoms with Crippen LogP contribution in [-0.2, 0) is 0 Å². The highest BCUT2D eigenvalue weighted by Gasteiger charge is 2.41. The first kappa shape index (κ1) is 23.8. The van der Waals surface area contributed by atoms with Crippen LogP contribution in [0.4, 0.5) is 5.82 Å². The van der Waals surface area contributed by atoms with Crippen LogP contribution in [0, 0.1) is 17.2 Å². The summed E-state index contributed by atoms with van der Waals surface area (Å²) in [5, 5.41) is 30.6. The predicted octanol–water partition coefficient (Wildman–Crippen LogP) is 3.86. The number of rotatable bonds is 6. The molecule has 1 saturated carbocycles. The van der Waals surface area contributed by atoms with Gasteiger partial charge in [-0.2, -0.15) is 5.26 Å². The number of benzene rings is 1. The maximum absolute atomic E-state index is 12.8. The number of halogens is 1. The first-order valence-corrected chi connectivity index (χ1v) is 12.8. The molecule has 184 valence electrons. The molecule has 2 unspecified atom stereocenters. The van der Waals surface area contributed by atoms with Crippen LogP contribution in [0.1, 0.15) is 67.4 Å². The third-order valence-electron chi connectivity index (χ3n) is 7.61. The second kappa shape index (κ2) is 10.4. The number of aliphatic hydroxyl groups is 1. The van der Waals surface area contributed by atoms with Gasteiger partial charge in [-0.15, -0.1) is 10.2 Å². The van der Waals surface area contributed by atoms with E-state index >= 15 is 0 Å². The van der Waals surface area contributed by atoms with Gasteiger partial charge in [0, 0.05) is 30.8 Å². The van der Waals surface area contributed by atoms with Crippen molar-refractivity contribution < 1.29 is 14.6 Å². The van der Waals surface area contributed by atoms with Gasteiger partial charge in [0.1, 0.15) is 11.8 Å². The third-order valence-corrected chi connectivity index (χ3v) is 7.92. The summed E-state index contributed by atoms with van der Waals surface area (Å²) >= 11 is 6.10. The fraction of sp³-hybridized carbons (Fsp3) is 0.538. The van der Waals surface area contributed by atoms with Gasteiger partial charge < -0.3 is 20.1 Å². The van der Waals surface area contributed by atoms with Gasteiger partial charge in [-0.1, -0.05) is 11.6 Å². The summed E-state index contributed by atoms with van der Waals surface area (Å²) < 4.78 is 6.03. The van der Waals surface area contributed by atoms with Crippen molar-refractivity contribution in [1.82, 2.24) is 15.5 Å². The van der Waals surface area contributed by atoms with E-state index in [1.807, 2.05) is 12.1 Å². The number of carbonyl (C=O) groups is 1. The number of hydrogen-bond donors (Lipinski definition) is 2. The molecule has 3 fully saturated rings. The number of piperidine rings is 1. The second-order valence-corrected chi connectivity index (χ2v) is 10.3. The normalized spacial score (nSPS) is 27.8. The first-order valence-electron chi connectivity index (χ1n) is 12.4. The van der Waals surface area contributed by atoms with Crippen LogP contribution in [-0.4, -0.2) is 52.0 Å². The monoisotopic (exact) mass is 495 g/mol. The largest absolute Gasteiger partial charge is 0.490 e. The standard InChI is InChI=1S/C26H30ClN5O3/c27-23-13-22(6-1-17(23)14-28)35-21-7-2-18(3-8-21)29-26(34)24-9-10-25(31-30-24)32-19-4-5-20(32)12-16(11-19)15-33/h1,6,9-10,13,16,18-21,33H,2-5,7-8,11-12,15H2,(H,29,34). The lowest BCUT2D eigenvalue weighted by atomic mass is 9.91. The maximum atomic E-state index is 12.8. The van der Waals surface area contributed by atoms with Crippen LogP contribution in [0.3, 0.4) is 0 Å². The van der Waals surface area contributed by atoms with E-state index in [1.54, 1.807) is 24.3 Å². The van der Waals surface area contributed by atoms with E-state index in [0.29, 0.717) is 40.0 Å². The zero-order valence-electron chi connectivity index (χ0n) is 19.6. The molecular weight excluding hydrogens is 466 g/mol. The number of carbonyl (C=O) groups excluding carboxylic acids is 1. The van der Waals surface area contributed by atoms with Gasteiger partial charge in [0.25, 0.3) is 5.91 Å². The Morgan fingerprint density at radius 2 is 1.86 bits per heavy atom. The highest BCUT2D eigenvalue weighted by Crippen LogP contribution is 2.40. The van der Waals surface area contributed by atoms with Crippen LogP contribution in [0.5, 0.6) is 5.75 Å². The van der Waals surface area contributed by atoms with Crippen molar-refractivity contribution in [3.05, 3.63) is 46.6 Å². The number of anilines is 1. The number of aromatic nitrogens is 2. The fourth-order valence-electron chi connectivity index (χ4n) is 5.83. The average Bonchev–Trinajstić information content (AvgIpc) is 3.14. The van der Waals surface area contributed by atoms with Crippen molar-refractivity contribution in [2.45, 2.75) is 75.6 Å². The third kappa shape index (κ3) is 5.21. The molecule has 9 heteroatoms. The van der Waals surface area contributed by atoms with E-state index in [0.717, 1.165) is 57.2 Å². The lowest BCUT2D eigenvalue weighted by Gasteiger charge is -2.39. The van der Waals surface area contributed by atoms with Gasteiger partial charge in [-0.3, -0.25) is 4.79 Å². The summed E-state index contributed by atoms with van der Waals surface area (Å²) in [5.74, 6) is 1.66. The van der Waals surface area contributed by atoms with Gasteiger partial charge in [-0.25, -0.2) is 0 Å². The van der Waals surface area contributed by atoms with Crippen molar-refractivity contribution in [2.24, 2.45) is 5.92 Å². The van der Waals surface area contributed by atoms with E-state index in [1.165, 1.54) is 0 Å². The van der Waals surface area contributed by atoms with Crippen LogP contribution in [0.25, 0.3) is 0 Å². The molecule has 1 aromatic carbocycles. The Morgan fingerprint density at radius 3 is 2.46 bits per heavy atom. The van der Waals surface area contributed by atoms with Crippen LogP contribution in [0.15, 0.2) is 30.3 Å². The van der Waals surface area contributed by atoms with Gasteiger partial charge in [0.05, 0.1) is 16.7 Å². The summed E-state index contributed by atoms with van der Waals surface area (Å²) in [6, 6.07) is 11.7. The van der Waals surface area contributed by atoms with Crippen molar-refractivity contribution >= 4 is 23.3 Å². The first-order chi connectivity index (χ1) is 17.0. The molecule has 2 aliphatic heterocycles. The molecule has 0 spiro atoms. The van der Waals surface area contributed by atoms with Gasteiger partial charge in [0.15, 0.2) is 11.5 Å². The summed E-state index contributed by atoms with van der Waals surface area (Å²) in [6.45, 7) is 0.253. The van der Waals surface area contributed by atoms with Gasteiger partial charge in [-0.05, 0) is 81.5 Å². The highest BCUT2D eigenvalue weighted by atomic mass is 35.5. The minimum Gasteiger partial charge on any atom is -0.490 e. The summed E-state index contributed by atoms with van der Waals surface area (Å²) in [5.41, 5.74) is 0.761. The second-order valence-electron chi connectivity index (χ2n) is 9.91. The molecule has 2 atom stereocenters. The quantitative estimate of drug-likeness (QED) is 0.625. The molecule has 3 aliphatic rings. The zero-order chi connectivity index (χ0) is 24.4. The summed E-state index contributed by atoms with van der Waals surface area (Å²) in [4.78, 5) is 15.1. The van der Waals surface area contributed by atoms with E-state index < -0.39 is 0 Å². The Kier molecular flexibility index (Phi) is 7.07. The van der Waals surface area contributed by atoms with Crippen molar-refractivity contribution in [1.29, 1.82) is 5.26 Å². The number of nitriles is 1. The molecular formula is C26H30ClN5O3. The van der Waals surface area contributed by atoms with Crippen LogP contribution in [0.2, 0.25) is 5.02 Å². The SMILES string of the molecule is N#Cc1ccc(OC2CCC(NC(=O)c3ccc(N4C5CCC4CC(CO)C5)nn3)CC2)cc1Cl. The maximum Gasteiger partial charge on any atom is 0.272 e. The Balaban J connectivity index is 1.11. The number of hydrogen-bond acceptors (Lipinski definition) is 7. The predicted molar refractivity (Wildman–Crippen MR) is 131 cm³/mol. The number of nitrogens with zero attached hydrogens (tertiary/aromatic N) is 4. The minimum atomic E-state index is -0.200. The molecule has 1 amide bonds. The molecule has 1 aliphatic carbocycles. The molecule has 2 aromatic rings. The Morgan fingerprint density at radius 1 is 1.11 bits per heavy atom. The van der Waals surface area contributed by atoms with E-state index in [-0.39, 0.29) is 24.7 Å². The number of aliphatic hydroxyl groups excluding tert-OH is 1. The molecule has 0 radical (unpaired) electrons. The van der Waals surface area contributed by atoms with E-state index in [9.17, 15) is 9.90 Å². The van der Waals surface area contributed by atoms with E-state index in [2.05, 4.69) is 20.4 Å². The molecule has 3 heterocycles. The molecule has 5 rings (SSSR count). The number of fused-ring (bicyclic) bond motifs is 2. The summed E-state index contributed by atoms with van der Waals surface area (Å²) in [7, 11) is 0. The zero-order valence-corrected chi connectivity index (χ0v) is 20.3. The lowest BCUT2D eigenvalue weighted by molar-refractivity contribution is 0.0888. The average molecular weight is 496 g/mol. The van der Waals surface area contributed by atoms with Crippen molar-refractivity contribution in [3.63, 3.8) is 0 Å². The molecule has 2 saturated heterocycles. The molecule has 1 aromatic heterocycles. The minimum absolute atomic E-state index is 0.0524. The van der Waals surface area contributed by atoms with Gasteiger partial charge >= 0.3 is 0 Å². The number of ether oxygens (including phenoxy) is 1. The highest BCUT2D eigenvalue weighted by molar-refractivity contribution is 6.31. The topological polar surface area (TPSA) is 111 Å². The summed E-state index contributed by atoms with van der Waals surface area (Å²) in [6.07, 6.45) is 7.54. The lowest BCUT2D eigenvalue weighted by Crippen LogP contribution is -2.44. The van der Waals surface area contributed by atoms with Crippen molar-refractivity contribution in [3.8, 4) is 11.8 Å². The molecule has 35 heavy (non-hydrogen) atoms. The number of nitrogens with one attached hydrogen (secondary N) is 1. The number of amides is 1. The Bertz CT molecular complexity index is 1080. The molecule has 2 bridgehead atoms. The van der Waals surface area contributed by atoms with Crippen LogP contribution >= 0.6 is 11.6 Å². The molecule has 8 nitrogen and oxygen atoms in total. The Labute approximate surface area is 210 Å². The smallest absolute Gasteiger partial charge is 0.272 e. The van der Waals surface area contributed by atoms with Crippen LogP contribution < -0.4 is 15.0 Å².